The van der Waals surface area contributed by atoms with E-state index in [-0.39, 0.29) is 54.1 Å². The van der Waals surface area contributed by atoms with E-state index in [4.69, 9.17) is 21.1 Å². The highest BCUT2D eigenvalue weighted by atomic mass is 35.5. The number of nitrogens with one attached hydrogen (secondary N) is 1. The Balaban J connectivity index is 1.29. The summed E-state index contributed by atoms with van der Waals surface area (Å²) in [5, 5.41) is 2.53. The van der Waals surface area contributed by atoms with E-state index < -0.39 is 27.6 Å². The minimum absolute atomic E-state index is 0.116. The first-order valence-corrected chi connectivity index (χ1v) is 13.2. The van der Waals surface area contributed by atoms with Gasteiger partial charge in [0.15, 0.2) is 23.1 Å². The van der Waals surface area contributed by atoms with Crippen LogP contribution >= 0.6 is 11.6 Å². The molecule has 0 saturated heterocycles. The van der Waals surface area contributed by atoms with Gasteiger partial charge in [-0.1, -0.05) is 11.6 Å². The Hall–Kier alpha value is -2.73. The van der Waals surface area contributed by atoms with E-state index in [1.807, 2.05) is 0 Å². The van der Waals surface area contributed by atoms with Gasteiger partial charge in [0.2, 0.25) is 15.9 Å². The van der Waals surface area contributed by atoms with Crippen LogP contribution in [-0.4, -0.2) is 76.5 Å². The van der Waals surface area contributed by atoms with Gasteiger partial charge in [0.05, 0.1) is 15.8 Å². The van der Waals surface area contributed by atoms with Crippen LogP contribution in [0.3, 0.4) is 0 Å². The fraction of sp³-hybridized carbons (Fsp3) is 0.375. The standard InChI is InChI=1S/C24H24ClF2N3O5S/c1-28-9-18(14-6-19(25)23(27)20(26)7-14)24(31)29-10-15-12-30(13-16(15)11-29)36(32,33)17-2-3-21-22(8-17)35-5-4-34-21/h2-3,6-8,18,28H,4-5,9-13H2,1H3. The van der Waals surface area contributed by atoms with Gasteiger partial charge in [-0.25, -0.2) is 17.2 Å². The minimum atomic E-state index is -3.78. The van der Waals surface area contributed by atoms with Gasteiger partial charge in [0.1, 0.15) is 13.2 Å². The fourth-order valence-electron chi connectivity index (χ4n) is 4.75. The van der Waals surface area contributed by atoms with Crippen molar-refractivity contribution >= 4 is 27.5 Å². The number of rotatable bonds is 6. The summed E-state index contributed by atoms with van der Waals surface area (Å²) in [6, 6.07) is 6.81. The molecule has 0 aliphatic carbocycles. The second-order valence-electron chi connectivity index (χ2n) is 8.89. The molecule has 3 aliphatic heterocycles. The summed E-state index contributed by atoms with van der Waals surface area (Å²) in [6.45, 7) is 1.83. The predicted octanol–water partition coefficient (Wildman–Crippen LogP) is 2.54. The SMILES string of the molecule is CNCC(C(=O)N1CC2=C(C1)CN(S(=O)(=O)c1ccc3c(c1)OCCO3)C2)c1cc(F)c(F)c(Cl)c1. The molecule has 192 valence electrons. The summed E-state index contributed by atoms with van der Waals surface area (Å²) in [7, 11) is -2.13. The van der Waals surface area contributed by atoms with Crippen molar-refractivity contribution < 1.29 is 31.5 Å². The largest absolute Gasteiger partial charge is 0.486 e. The third-order valence-electron chi connectivity index (χ3n) is 6.58. The Morgan fingerprint density at radius 2 is 1.72 bits per heavy atom. The molecule has 0 spiro atoms. The number of likely N-dealkylation sites (N-methyl/N-ethyl adjacent to an activating group) is 1. The summed E-state index contributed by atoms with van der Waals surface area (Å²) in [6.07, 6.45) is 0. The predicted molar refractivity (Wildman–Crippen MR) is 128 cm³/mol. The van der Waals surface area contributed by atoms with Gasteiger partial charge in [0, 0.05) is 38.8 Å². The second kappa shape index (κ2) is 9.62. The molecule has 3 heterocycles. The molecular weight excluding hydrogens is 516 g/mol. The van der Waals surface area contributed by atoms with Gasteiger partial charge in [-0.05, 0) is 48.0 Å². The number of halogens is 3. The lowest BCUT2D eigenvalue weighted by molar-refractivity contribution is -0.131. The number of sulfonamides is 1. The van der Waals surface area contributed by atoms with Gasteiger partial charge in [-0.15, -0.1) is 0 Å². The van der Waals surface area contributed by atoms with E-state index in [2.05, 4.69) is 5.32 Å². The Bertz CT molecular complexity index is 1330. The molecule has 2 aromatic rings. The molecule has 0 bridgehead atoms. The van der Waals surface area contributed by atoms with Gasteiger partial charge >= 0.3 is 0 Å². The molecular formula is C24H24ClF2N3O5S. The van der Waals surface area contributed by atoms with Crippen LogP contribution in [0.25, 0.3) is 0 Å². The van der Waals surface area contributed by atoms with Gasteiger partial charge in [-0.3, -0.25) is 4.79 Å². The molecule has 0 radical (unpaired) electrons. The van der Waals surface area contributed by atoms with Crippen LogP contribution in [0.5, 0.6) is 11.5 Å². The topological polar surface area (TPSA) is 88.2 Å². The molecule has 0 aromatic heterocycles. The number of ether oxygens (including phenoxy) is 2. The third-order valence-corrected chi connectivity index (χ3v) is 8.64. The quantitative estimate of drug-likeness (QED) is 0.448. The molecule has 1 amide bonds. The Kier molecular flexibility index (Phi) is 6.67. The molecule has 36 heavy (non-hydrogen) atoms. The summed E-state index contributed by atoms with van der Waals surface area (Å²) in [5.74, 6) is -2.42. The highest BCUT2D eigenvalue weighted by Gasteiger charge is 2.39. The first-order chi connectivity index (χ1) is 17.2. The summed E-state index contributed by atoms with van der Waals surface area (Å²) in [5.41, 5.74) is 1.99. The van der Waals surface area contributed by atoms with Crippen LogP contribution in [0.4, 0.5) is 8.78 Å². The van der Waals surface area contributed by atoms with E-state index in [0.29, 0.717) is 24.7 Å². The van der Waals surface area contributed by atoms with Crippen molar-refractivity contribution in [3.05, 3.63) is 63.7 Å². The molecule has 3 aliphatic rings. The summed E-state index contributed by atoms with van der Waals surface area (Å²) >= 11 is 5.81. The van der Waals surface area contributed by atoms with E-state index in [0.717, 1.165) is 17.2 Å². The van der Waals surface area contributed by atoms with Crippen LogP contribution in [-0.2, 0) is 14.8 Å². The number of hydrogen-bond donors (Lipinski definition) is 1. The van der Waals surface area contributed by atoms with E-state index in [9.17, 15) is 22.0 Å². The van der Waals surface area contributed by atoms with Crippen molar-refractivity contribution in [1.29, 1.82) is 0 Å². The first-order valence-electron chi connectivity index (χ1n) is 11.4. The molecule has 1 atom stereocenters. The van der Waals surface area contributed by atoms with Crippen molar-refractivity contribution in [3.63, 3.8) is 0 Å². The molecule has 2 aromatic carbocycles. The number of carbonyl (C=O) groups is 1. The van der Waals surface area contributed by atoms with Gasteiger partial charge in [-0.2, -0.15) is 4.31 Å². The lowest BCUT2D eigenvalue weighted by atomic mass is 9.97. The van der Waals surface area contributed by atoms with E-state index >= 15 is 0 Å². The highest BCUT2D eigenvalue weighted by molar-refractivity contribution is 7.89. The number of fused-ring (bicyclic) bond motifs is 1. The van der Waals surface area contributed by atoms with Crippen molar-refractivity contribution in [3.8, 4) is 11.5 Å². The number of nitrogens with zero attached hydrogens (tertiary/aromatic N) is 2. The Morgan fingerprint density at radius 1 is 1.06 bits per heavy atom. The Labute approximate surface area is 212 Å². The van der Waals surface area contributed by atoms with Crippen LogP contribution in [0.15, 0.2) is 46.4 Å². The lowest BCUT2D eigenvalue weighted by Gasteiger charge is -2.27. The number of amides is 1. The molecule has 1 unspecified atom stereocenters. The van der Waals surface area contributed by atoms with Gasteiger partial charge in [0.25, 0.3) is 0 Å². The van der Waals surface area contributed by atoms with Crippen LogP contribution in [0.2, 0.25) is 5.02 Å². The van der Waals surface area contributed by atoms with Gasteiger partial charge < -0.3 is 19.7 Å². The van der Waals surface area contributed by atoms with Crippen LogP contribution < -0.4 is 14.8 Å². The average molecular weight is 540 g/mol. The normalized spacial score (nSPS) is 18.5. The first kappa shape index (κ1) is 24.9. The zero-order valence-corrected chi connectivity index (χ0v) is 21.0. The van der Waals surface area contributed by atoms with E-state index in [1.165, 1.54) is 22.5 Å². The van der Waals surface area contributed by atoms with Crippen molar-refractivity contribution in [2.45, 2.75) is 10.8 Å². The van der Waals surface area contributed by atoms with Crippen LogP contribution in [0.1, 0.15) is 11.5 Å². The van der Waals surface area contributed by atoms with E-state index in [1.54, 1.807) is 18.0 Å². The highest BCUT2D eigenvalue weighted by Crippen LogP contribution is 2.36. The van der Waals surface area contributed by atoms with Crippen LogP contribution in [0, 0.1) is 11.6 Å². The molecule has 8 nitrogen and oxygen atoms in total. The lowest BCUT2D eigenvalue weighted by Crippen LogP contribution is -2.40. The smallest absolute Gasteiger partial charge is 0.243 e. The monoisotopic (exact) mass is 539 g/mol. The summed E-state index contributed by atoms with van der Waals surface area (Å²) in [4.78, 5) is 15.1. The molecule has 0 fully saturated rings. The Morgan fingerprint density at radius 3 is 2.36 bits per heavy atom. The fourth-order valence-corrected chi connectivity index (χ4v) is 6.42. The zero-order valence-electron chi connectivity index (χ0n) is 19.4. The second-order valence-corrected chi connectivity index (χ2v) is 11.2. The maximum Gasteiger partial charge on any atom is 0.243 e. The number of benzene rings is 2. The molecule has 5 rings (SSSR count). The number of hydrogen-bond acceptors (Lipinski definition) is 6. The maximum absolute atomic E-state index is 14.0. The molecule has 0 saturated carbocycles. The zero-order chi connectivity index (χ0) is 25.6. The average Bonchev–Trinajstić information content (AvgIpc) is 3.45. The minimum Gasteiger partial charge on any atom is -0.486 e. The van der Waals surface area contributed by atoms with Crippen molar-refractivity contribution in [2.24, 2.45) is 0 Å². The van der Waals surface area contributed by atoms with Crippen molar-refractivity contribution in [2.75, 3.05) is 53.0 Å². The molecule has 12 heteroatoms. The maximum atomic E-state index is 14.0. The third kappa shape index (κ3) is 4.45. The van der Waals surface area contributed by atoms with Crippen molar-refractivity contribution in [1.82, 2.24) is 14.5 Å². The molecule has 1 N–H and O–H groups in total. The number of carbonyl (C=O) groups excluding carboxylic acids is 1. The summed E-state index contributed by atoms with van der Waals surface area (Å²) < 4.78 is 66.5.